The first-order chi connectivity index (χ1) is 11.3. The smallest absolute Gasteiger partial charge is 0.254 e. The molecule has 23 heavy (non-hydrogen) atoms. The van der Waals surface area contributed by atoms with Crippen molar-refractivity contribution in [1.82, 2.24) is 10.2 Å². The number of rotatable bonds is 3. The van der Waals surface area contributed by atoms with Gasteiger partial charge in [-0.3, -0.25) is 4.79 Å². The molecule has 3 nitrogen and oxygen atoms in total. The fourth-order valence-electron chi connectivity index (χ4n) is 3.80. The van der Waals surface area contributed by atoms with Gasteiger partial charge in [-0.2, -0.15) is 0 Å². The first kappa shape index (κ1) is 14.5. The quantitative estimate of drug-likeness (QED) is 0.945. The minimum Gasteiger partial charge on any atom is -0.335 e. The number of hydrogen-bond acceptors (Lipinski definition) is 2. The molecule has 1 atom stereocenters. The van der Waals surface area contributed by atoms with E-state index < -0.39 is 0 Å². The molecule has 3 heteroatoms. The zero-order chi connectivity index (χ0) is 15.6. The Morgan fingerprint density at radius 2 is 1.91 bits per heavy atom. The highest BCUT2D eigenvalue weighted by atomic mass is 16.2. The minimum absolute atomic E-state index is 0.193. The van der Waals surface area contributed by atoms with Gasteiger partial charge in [0.05, 0.1) is 0 Å². The summed E-state index contributed by atoms with van der Waals surface area (Å²) in [6, 6.07) is 17.0. The maximum absolute atomic E-state index is 13.0. The highest BCUT2D eigenvalue weighted by Crippen LogP contribution is 2.25. The van der Waals surface area contributed by atoms with Gasteiger partial charge < -0.3 is 10.2 Å². The fourth-order valence-corrected chi connectivity index (χ4v) is 3.80. The predicted molar refractivity (Wildman–Crippen MR) is 91.2 cm³/mol. The molecule has 4 rings (SSSR count). The number of likely N-dealkylation sites (tertiary alicyclic amines) is 1. The van der Waals surface area contributed by atoms with Crippen LogP contribution in [0.4, 0.5) is 0 Å². The Bertz CT molecular complexity index is 711. The number of benzene rings is 2. The third-order valence-corrected chi connectivity index (χ3v) is 5.04. The van der Waals surface area contributed by atoms with Gasteiger partial charge in [0, 0.05) is 31.2 Å². The Morgan fingerprint density at radius 3 is 2.78 bits per heavy atom. The molecule has 1 saturated heterocycles. The van der Waals surface area contributed by atoms with E-state index in [0.29, 0.717) is 6.04 Å². The zero-order valence-corrected chi connectivity index (χ0v) is 13.3. The number of carbonyl (C=O) groups excluding carboxylic acids is 1. The van der Waals surface area contributed by atoms with Gasteiger partial charge in [0.25, 0.3) is 5.91 Å². The lowest BCUT2D eigenvalue weighted by Crippen LogP contribution is -2.36. The van der Waals surface area contributed by atoms with Crippen molar-refractivity contribution in [2.45, 2.75) is 38.4 Å². The number of carbonyl (C=O) groups is 1. The number of nitrogens with zero attached hydrogens (tertiary/aromatic N) is 1. The molecule has 2 aliphatic rings. The van der Waals surface area contributed by atoms with Gasteiger partial charge >= 0.3 is 0 Å². The van der Waals surface area contributed by atoms with Crippen LogP contribution in [0.5, 0.6) is 0 Å². The molecule has 1 fully saturated rings. The molecule has 0 aromatic heterocycles. The summed E-state index contributed by atoms with van der Waals surface area (Å²) >= 11 is 0. The van der Waals surface area contributed by atoms with Crippen molar-refractivity contribution in [2.24, 2.45) is 0 Å². The van der Waals surface area contributed by atoms with Gasteiger partial charge in [-0.25, -0.2) is 0 Å². The lowest BCUT2D eigenvalue weighted by atomic mass is 10.0. The Balaban J connectivity index is 1.53. The zero-order valence-electron chi connectivity index (χ0n) is 13.3. The second-order valence-electron chi connectivity index (χ2n) is 6.57. The summed E-state index contributed by atoms with van der Waals surface area (Å²) in [5, 5.41) is 3.34. The molecule has 1 amide bonds. The van der Waals surface area contributed by atoms with Crippen molar-refractivity contribution in [3.8, 4) is 0 Å². The standard InChI is InChI=1S/C20H22N2O/c23-20(16-8-9-17-13-21-14-18(17)12-16)22-10-4-7-19(22)11-15-5-2-1-3-6-15/h1-3,5-6,8-9,12,19,21H,4,7,10-11,13-14H2. The van der Waals surface area contributed by atoms with Crippen LogP contribution < -0.4 is 5.32 Å². The van der Waals surface area contributed by atoms with Crippen LogP contribution in [0.1, 0.15) is 39.9 Å². The minimum atomic E-state index is 0.193. The van der Waals surface area contributed by atoms with E-state index in [1.165, 1.54) is 16.7 Å². The summed E-state index contributed by atoms with van der Waals surface area (Å²) in [5.74, 6) is 0.193. The molecular formula is C20H22N2O. The van der Waals surface area contributed by atoms with Gasteiger partial charge in [-0.05, 0) is 48.1 Å². The predicted octanol–water partition coefficient (Wildman–Crippen LogP) is 3.14. The molecule has 1 unspecified atom stereocenters. The van der Waals surface area contributed by atoms with Gasteiger partial charge in [-0.1, -0.05) is 36.4 Å². The van der Waals surface area contributed by atoms with E-state index in [1.807, 2.05) is 12.1 Å². The Morgan fingerprint density at radius 1 is 1.09 bits per heavy atom. The Kier molecular flexibility index (Phi) is 3.88. The third-order valence-electron chi connectivity index (χ3n) is 5.04. The summed E-state index contributed by atoms with van der Waals surface area (Å²) in [5.41, 5.74) is 4.75. The van der Waals surface area contributed by atoms with Crippen molar-refractivity contribution in [3.63, 3.8) is 0 Å². The lowest BCUT2D eigenvalue weighted by molar-refractivity contribution is 0.0736. The normalized spacial score (nSPS) is 19.8. The van der Waals surface area contributed by atoms with Crippen LogP contribution in [0.2, 0.25) is 0 Å². The van der Waals surface area contributed by atoms with Crippen LogP contribution in [0, 0.1) is 0 Å². The molecule has 1 N–H and O–H groups in total. The molecule has 2 aromatic rings. The van der Waals surface area contributed by atoms with Crippen LogP contribution in [-0.4, -0.2) is 23.4 Å². The van der Waals surface area contributed by atoms with Crippen molar-refractivity contribution in [2.75, 3.05) is 6.54 Å². The Hall–Kier alpha value is -2.13. The number of fused-ring (bicyclic) bond motifs is 1. The summed E-state index contributed by atoms with van der Waals surface area (Å²) < 4.78 is 0. The average Bonchev–Trinajstić information content (AvgIpc) is 3.23. The first-order valence-corrected chi connectivity index (χ1v) is 8.49. The first-order valence-electron chi connectivity index (χ1n) is 8.49. The van der Waals surface area contributed by atoms with E-state index in [-0.39, 0.29) is 5.91 Å². The second kappa shape index (κ2) is 6.17. The van der Waals surface area contributed by atoms with Crippen LogP contribution in [0.3, 0.4) is 0 Å². The summed E-state index contributed by atoms with van der Waals surface area (Å²) in [6.07, 6.45) is 3.17. The lowest BCUT2D eigenvalue weighted by Gasteiger charge is -2.25. The van der Waals surface area contributed by atoms with Crippen LogP contribution in [0.25, 0.3) is 0 Å². The van der Waals surface area contributed by atoms with E-state index >= 15 is 0 Å². The van der Waals surface area contributed by atoms with Crippen LogP contribution in [-0.2, 0) is 19.5 Å². The van der Waals surface area contributed by atoms with Crippen molar-refractivity contribution in [3.05, 3.63) is 70.8 Å². The molecule has 0 spiro atoms. The maximum Gasteiger partial charge on any atom is 0.254 e. The van der Waals surface area contributed by atoms with E-state index in [0.717, 1.165) is 44.5 Å². The van der Waals surface area contributed by atoms with Gasteiger partial charge in [0.2, 0.25) is 0 Å². The van der Waals surface area contributed by atoms with Crippen LogP contribution >= 0.6 is 0 Å². The molecule has 0 aliphatic carbocycles. The monoisotopic (exact) mass is 306 g/mol. The molecular weight excluding hydrogens is 284 g/mol. The van der Waals surface area contributed by atoms with Crippen molar-refractivity contribution >= 4 is 5.91 Å². The Labute approximate surface area is 137 Å². The van der Waals surface area contributed by atoms with Crippen molar-refractivity contribution < 1.29 is 4.79 Å². The molecule has 0 radical (unpaired) electrons. The highest BCUT2D eigenvalue weighted by Gasteiger charge is 2.29. The highest BCUT2D eigenvalue weighted by molar-refractivity contribution is 5.95. The number of amides is 1. The second-order valence-corrected chi connectivity index (χ2v) is 6.57. The van der Waals surface area contributed by atoms with Gasteiger partial charge in [0.15, 0.2) is 0 Å². The fraction of sp³-hybridized carbons (Fsp3) is 0.350. The molecule has 2 aliphatic heterocycles. The topological polar surface area (TPSA) is 32.3 Å². The summed E-state index contributed by atoms with van der Waals surface area (Å²) in [4.78, 5) is 15.0. The number of hydrogen-bond donors (Lipinski definition) is 1. The van der Waals surface area contributed by atoms with Crippen LogP contribution in [0.15, 0.2) is 48.5 Å². The third kappa shape index (κ3) is 2.89. The average molecular weight is 306 g/mol. The molecule has 2 heterocycles. The van der Waals surface area contributed by atoms with E-state index in [2.05, 4.69) is 46.6 Å². The number of nitrogens with one attached hydrogen (secondary N) is 1. The van der Waals surface area contributed by atoms with E-state index in [4.69, 9.17) is 0 Å². The SMILES string of the molecule is O=C(c1ccc2c(c1)CNC2)N1CCCC1Cc1ccccc1. The van der Waals surface area contributed by atoms with Gasteiger partial charge in [0.1, 0.15) is 0 Å². The molecule has 2 aromatic carbocycles. The maximum atomic E-state index is 13.0. The molecule has 118 valence electrons. The van der Waals surface area contributed by atoms with E-state index in [1.54, 1.807) is 0 Å². The van der Waals surface area contributed by atoms with E-state index in [9.17, 15) is 4.79 Å². The molecule has 0 bridgehead atoms. The van der Waals surface area contributed by atoms with Gasteiger partial charge in [-0.15, -0.1) is 0 Å². The van der Waals surface area contributed by atoms with Crippen molar-refractivity contribution in [1.29, 1.82) is 0 Å². The summed E-state index contributed by atoms with van der Waals surface area (Å²) in [6.45, 7) is 2.68. The summed E-state index contributed by atoms with van der Waals surface area (Å²) in [7, 11) is 0. The largest absolute Gasteiger partial charge is 0.335 e. The molecule has 0 saturated carbocycles.